The zero-order valence-electron chi connectivity index (χ0n) is 10.7. The Morgan fingerprint density at radius 3 is 2.11 bits per heavy atom. The monoisotopic (exact) mass is 252 g/mol. The molecule has 0 aliphatic rings. The molecule has 0 aliphatic carbocycles. The van der Waals surface area contributed by atoms with Gasteiger partial charge in [-0.1, -0.05) is 5.92 Å². The molecule has 0 unspecified atom stereocenters. The quantitative estimate of drug-likeness (QED) is 0.545. The Morgan fingerprint density at radius 2 is 1.61 bits per heavy atom. The number of rotatable bonds is 7. The molecule has 98 valence electrons. The SMILES string of the molecule is C#Cc1ccc(OC)c(OCOC)c1OCOC. The number of methoxy groups -OCH3 is 3. The van der Waals surface area contributed by atoms with Gasteiger partial charge in [-0.15, -0.1) is 6.42 Å². The molecule has 0 saturated heterocycles. The molecule has 5 heteroatoms. The van der Waals surface area contributed by atoms with Crippen LogP contribution in [0.15, 0.2) is 12.1 Å². The van der Waals surface area contributed by atoms with E-state index in [0.29, 0.717) is 22.8 Å². The summed E-state index contributed by atoms with van der Waals surface area (Å²) < 4.78 is 25.8. The van der Waals surface area contributed by atoms with Crippen molar-refractivity contribution in [2.45, 2.75) is 0 Å². The lowest BCUT2D eigenvalue weighted by Crippen LogP contribution is -2.07. The van der Waals surface area contributed by atoms with Crippen molar-refractivity contribution in [2.75, 3.05) is 34.9 Å². The molecule has 0 saturated carbocycles. The molecule has 0 N–H and O–H groups in total. The number of terminal acetylenes is 1. The predicted molar refractivity (Wildman–Crippen MR) is 65.9 cm³/mol. The van der Waals surface area contributed by atoms with E-state index in [1.54, 1.807) is 12.1 Å². The maximum Gasteiger partial charge on any atom is 0.207 e. The molecule has 0 amide bonds. The minimum atomic E-state index is 0.0607. The van der Waals surface area contributed by atoms with Gasteiger partial charge >= 0.3 is 0 Å². The molecule has 0 spiro atoms. The molecule has 1 aromatic rings. The fraction of sp³-hybridized carbons (Fsp3) is 0.385. The smallest absolute Gasteiger partial charge is 0.207 e. The molecule has 5 nitrogen and oxygen atoms in total. The van der Waals surface area contributed by atoms with Gasteiger partial charge in [0.1, 0.15) is 0 Å². The van der Waals surface area contributed by atoms with Gasteiger partial charge in [-0.3, -0.25) is 0 Å². The van der Waals surface area contributed by atoms with Gasteiger partial charge in [0.2, 0.25) is 5.75 Å². The number of hydrogen-bond acceptors (Lipinski definition) is 5. The van der Waals surface area contributed by atoms with Gasteiger partial charge < -0.3 is 23.7 Å². The second-order valence-electron chi connectivity index (χ2n) is 3.22. The van der Waals surface area contributed by atoms with Crippen LogP contribution in [-0.2, 0) is 9.47 Å². The highest BCUT2D eigenvalue weighted by molar-refractivity contribution is 5.60. The molecule has 18 heavy (non-hydrogen) atoms. The Bertz CT molecular complexity index is 422. The van der Waals surface area contributed by atoms with Gasteiger partial charge in [0.05, 0.1) is 12.7 Å². The van der Waals surface area contributed by atoms with Gasteiger partial charge in [-0.05, 0) is 12.1 Å². The lowest BCUT2D eigenvalue weighted by atomic mass is 10.2. The maximum absolute atomic E-state index is 5.42. The lowest BCUT2D eigenvalue weighted by molar-refractivity contribution is 0.0306. The van der Waals surface area contributed by atoms with Crippen molar-refractivity contribution >= 4 is 0 Å². The topological polar surface area (TPSA) is 46.2 Å². The Labute approximate surface area is 107 Å². The van der Waals surface area contributed by atoms with Crippen molar-refractivity contribution in [3.63, 3.8) is 0 Å². The van der Waals surface area contributed by atoms with Crippen molar-refractivity contribution < 1.29 is 23.7 Å². The van der Waals surface area contributed by atoms with Gasteiger partial charge in [0.25, 0.3) is 0 Å². The predicted octanol–water partition coefficient (Wildman–Crippen LogP) is 1.64. The van der Waals surface area contributed by atoms with Gasteiger partial charge in [-0.2, -0.15) is 0 Å². The van der Waals surface area contributed by atoms with E-state index in [4.69, 9.17) is 30.1 Å². The van der Waals surface area contributed by atoms with E-state index >= 15 is 0 Å². The van der Waals surface area contributed by atoms with Crippen LogP contribution < -0.4 is 14.2 Å². The average Bonchev–Trinajstić information content (AvgIpc) is 2.42. The summed E-state index contributed by atoms with van der Waals surface area (Å²) in [6, 6.07) is 3.42. The molecule has 0 fully saturated rings. The molecule has 0 heterocycles. The summed E-state index contributed by atoms with van der Waals surface area (Å²) in [7, 11) is 4.57. The van der Waals surface area contributed by atoms with Gasteiger partial charge in [0, 0.05) is 14.2 Å². The highest BCUT2D eigenvalue weighted by Gasteiger charge is 2.16. The number of ether oxygens (including phenoxy) is 5. The largest absolute Gasteiger partial charge is 0.493 e. The van der Waals surface area contributed by atoms with Crippen LogP contribution in [0.5, 0.6) is 17.2 Å². The van der Waals surface area contributed by atoms with E-state index in [1.807, 2.05) is 0 Å². The summed E-state index contributed by atoms with van der Waals surface area (Å²) in [5.74, 6) is 3.82. The van der Waals surface area contributed by atoms with E-state index in [2.05, 4.69) is 5.92 Å². The second kappa shape index (κ2) is 7.43. The first-order chi connectivity index (χ1) is 8.78. The first kappa shape index (κ1) is 14.2. The van der Waals surface area contributed by atoms with Gasteiger partial charge in [0.15, 0.2) is 25.1 Å². The summed E-state index contributed by atoms with van der Waals surface area (Å²) in [5.41, 5.74) is 0.555. The molecule has 1 rings (SSSR count). The second-order valence-corrected chi connectivity index (χ2v) is 3.22. The summed E-state index contributed by atoms with van der Waals surface area (Å²) in [6.45, 7) is 0.124. The van der Waals surface area contributed by atoms with E-state index in [-0.39, 0.29) is 13.6 Å². The van der Waals surface area contributed by atoms with Crippen LogP contribution in [-0.4, -0.2) is 34.9 Å². The maximum atomic E-state index is 5.42. The summed E-state index contributed by atoms with van der Waals surface area (Å²) in [4.78, 5) is 0. The van der Waals surface area contributed by atoms with Crippen LogP contribution in [0.1, 0.15) is 5.56 Å². The van der Waals surface area contributed by atoms with Crippen molar-refractivity contribution in [1.82, 2.24) is 0 Å². The van der Waals surface area contributed by atoms with Crippen LogP contribution in [0, 0.1) is 12.3 Å². The molecular weight excluding hydrogens is 236 g/mol. The van der Waals surface area contributed by atoms with E-state index in [1.165, 1.54) is 21.3 Å². The van der Waals surface area contributed by atoms with E-state index in [9.17, 15) is 0 Å². The van der Waals surface area contributed by atoms with Crippen LogP contribution >= 0.6 is 0 Å². The van der Waals surface area contributed by atoms with Crippen LogP contribution in [0.3, 0.4) is 0 Å². The zero-order valence-corrected chi connectivity index (χ0v) is 10.7. The lowest BCUT2D eigenvalue weighted by Gasteiger charge is -2.16. The Kier molecular flexibility index (Phi) is 5.85. The third-order valence-corrected chi connectivity index (χ3v) is 2.09. The van der Waals surface area contributed by atoms with Crippen LogP contribution in [0.25, 0.3) is 0 Å². The van der Waals surface area contributed by atoms with Crippen molar-refractivity contribution in [2.24, 2.45) is 0 Å². The molecule has 0 aliphatic heterocycles. The van der Waals surface area contributed by atoms with Crippen LogP contribution in [0.2, 0.25) is 0 Å². The molecule has 0 bridgehead atoms. The summed E-state index contributed by atoms with van der Waals surface area (Å²) in [5, 5.41) is 0. The normalized spacial score (nSPS) is 9.67. The molecule has 0 aromatic heterocycles. The highest BCUT2D eigenvalue weighted by atomic mass is 16.7. The molecule has 0 atom stereocenters. The number of benzene rings is 1. The standard InChI is InChI=1S/C13H16O5/c1-5-10-6-7-11(16-4)13(18-9-15-3)12(10)17-8-14-2/h1,6-7H,8-9H2,2-4H3. The van der Waals surface area contributed by atoms with Crippen LogP contribution in [0.4, 0.5) is 0 Å². The third kappa shape index (κ3) is 3.29. The highest BCUT2D eigenvalue weighted by Crippen LogP contribution is 2.39. The molecule has 0 radical (unpaired) electrons. The first-order valence-electron chi connectivity index (χ1n) is 5.19. The zero-order chi connectivity index (χ0) is 13.4. The fourth-order valence-electron chi connectivity index (χ4n) is 1.33. The Hall–Kier alpha value is -1.90. The minimum absolute atomic E-state index is 0.0607. The van der Waals surface area contributed by atoms with Crippen molar-refractivity contribution in [1.29, 1.82) is 0 Å². The van der Waals surface area contributed by atoms with Gasteiger partial charge in [-0.25, -0.2) is 0 Å². The third-order valence-electron chi connectivity index (χ3n) is 2.09. The first-order valence-corrected chi connectivity index (χ1v) is 5.19. The molecule has 1 aromatic carbocycles. The van der Waals surface area contributed by atoms with Crippen molar-refractivity contribution in [3.8, 4) is 29.6 Å². The van der Waals surface area contributed by atoms with E-state index in [0.717, 1.165) is 0 Å². The van der Waals surface area contributed by atoms with E-state index < -0.39 is 0 Å². The fourth-order valence-corrected chi connectivity index (χ4v) is 1.33. The minimum Gasteiger partial charge on any atom is -0.493 e. The molecular formula is C13H16O5. The Balaban J connectivity index is 3.15. The summed E-state index contributed by atoms with van der Waals surface area (Å²) >= 11 is 0. The Morgan fingerprint density at radius 1 is 1.00 bits per heavy atom. The summed E-state index contributed by atoms with van der Waals surface area (Å²) in [6.07, 6.45) is 5.41. The average molecular weight is 252 g/mol. The van der Waals surface area contributed by atoms with Crippen molar-refractivity contribution in [3.05, 3.63) is 17.7 Å². The number of hydrogen-bond donors (Lipinski definition) is 0.